The Morgan fingerprint density at radius 2 is 0.453 bits per heavy atom. The van der Waals surface area contributed by atoms with Crippen LogP contribution in [0.3, 0.4) is 0 Å². The molecule has 0 bridgehead atoms. The second kappa shape index (κ2) is 89.9. The zero-order chi connectivity index (χ0) is 85.1. The molecule has 0 aliphatic heterocycles. The van der Waals surface area contributed by atoms with Crippen LogP contribution in [0.15, 0.2) is 182 Å². The van der Waals surface area contributed by atoms with Gasteiger partial charge in [0.15, 0.2) is 6.10 Å². The highest BCUT2D eigenvalue weighted by molar-refractivity contribution is 7.47. The molecule has 668 valence electrons. The van der Waals surface area contributed by atoms with Gasteiger partial charge in [0, 0.05) is 19.3 Å². The van der Waals surface area contributed by atoms with Crippen LogP contribution >= 0.6 is 15.6 Å². The first kappa shape index (κ1) is 112. The predicted octanol–water partition coefficient (Wildman–Crippen LogP) is 28.4. The smallest absolute Gasteiger partial charge is 0.463 e. The lowest BCUT2D eigenvalue weighted by Crippen LogP contribution is -2.30. The van der Waals surface area contributed by atoms with Crippen LogP contribution in [0.4, 0.5) is 0 Å². The fourth-order valence-electron chi connectivity index (χ4n) is 12.2. The number of phosphoric ester groups is 2. The maximum atomic E-state index is 13.1. The standard InChI is InChI=1S/C99H166O16P2/c1-4-7-10-13-16-19-22-25-28-31-34-37-40-41-42-43-44-45-46-47-48-49-50-51-54-56-58-61-64-67-70-73-76-79-82-85-97(102)109-88-94(100)89-111-116(105,106)112-90-95(101)91-113-117(107,108)114-93-96(115-99(104)87-84-81-78-75-72-69-66-63-60-57-53-39-36-33-30-27-24-21-18-15-12-9-6-3)92-110-98(103)86-83-80-77-74-71-68-65-62-59-55-52-38-35-32-29-26-23-20-17-14-11-8-5-2/h7-8,10-11,16-21,25-30,34-39,41-42,44-45,55,57,59-60,94-96,100-101H,4-6,9,12-15,22-24,31-33,40,43,46-54,56,58,61-93H2,1-3H3,(H,105,106)(H,107,108)/b10-7-,11-8-,19-16-,20-17-,21-18-,28-25-,29-26-,30-27-,37-34-,38-35-,39-36-,42-41-,45-44-,59-55-,60-57-. The van der Waals surface area contributed by atoms with Crippen LogP contribution < -0.4 is 0 Å². The van der Waals surface area contributed by atoms with Gasteiger partial charge in [-0.2, -0.15) is 0 Å². The van der Waals surface area contributed by atoms with Gasteiger partial charge in [0.2, 0.25) is 0 Å². The third-order valence-corrected chi connectivity index (χ3v) is 21.0. The summed E-state index contributed by atoms with van der Waals surface area (Å²) in [6.45, 7) is 2.43. The van der Waals surface area contributed by atoms with Gasteiger partial charge in [0.05, 0.1) is 26.4 Å². The maximum absolute atomic E-state index is 13.1. The molecule has 0 aromatic carbocycles. The van der Waals surface area contributed by atoms with E-state index in [9.17, 15) is 43.5 Å². The first-order chi connectivity index (χ1) is 57.2. The number of unbranched alkanes of at least 4 members (excludes halogenated alkanes) is 33. The van der Waals surface area contributed by atoms with Crippen LogP contribution in [0.25, 0.3) is 0 Å². The normalized spacial score (nSPS) is 14.6. The Morgan fingerprint density at radius 1 is 0.248 bits per heavy atom. The molecular weight excluding hydrogens is 1510 g/mol. The summed E-state index contributed by atoms with van der Waals surface area (Å²) in [5, 5.41) is 20.7. The number of hydrogen-bond donors (Lipinski definition) is 4. The second-order valence-corrected chi connectivity index (χ2v) is 33.2. The minimum Gasteiger partial charge on any atom is -0.463 e. The second-order valence-electron chi connectivity index (χ2n) is 30.3. The molecule has 0 saturated carbocycles. The molecule has 0 spiro atoms. The molecule has 0 fully saturated rings. The fourth-order valence-corrected chi connectivity index (χ4v) is 13.8. The molecule has 0 rings (SSSR count). The predicted molar refractivity (Wildman–Crippen MR) is 491 cm³/mol. The Morgan fingerprint density at radius 3 is 0.718 bits per heavy atom. The fraction of sp³-hybridized carbons (Fsp3) is 0.667. The molecular formula is C99H166O16P2. The molecule has 0 aliphatic carbocycles. The number of carbonyl (C=O) groups is 3. The highest BCUT2D eigenvalue weighted by Gasteiger charge is 2.29. The average molecular weight is 1670 g/mol. The number of rotatable bonds is 86. The summed E-state index contributed by atoms with van der Waals surface area (Å²) in [7, 11) is -9.82. The van der Waals surface area contributed by atoms with Crippen molar-refractivity contribution in [1.82, 2.24) is 0 Å². The third kappa shape index (κ3) is 91.2. The van der Waals surface area contributed by atoms with Gasteiger partial charge in [0.25, 0.3) is 0 Å². The lowest BCUT2D eigenvalue weighted by atomic mass is 10.0. The van der Waals surface area contributed by atoms with Gasteiger partial charge < -0.3 is 34.2 Å². The van der Waals surface area contributed by atoms with Gasteiger partial charge in [0.1, 0.15) is 25.4 Å². The molecule has 16 nitrogen and oxygen atoms in total. The molecule has 0 heterocycles. The summed E-state index contributed by atoms with van der Waals surface area (Å²) in [5.41, 5.74) is 0. The SMILES string of the molecule is CC/C=C\C/C=C\C/C=C\C/C=C\C/C=C\C/C=C\CCCCCCCCCCCCCCCCCCC(=O)OCC(O)COP(=O)(O)OCC(O)COP(=O)(O)OCC(COC(=O)CCCCCCCCC/C=C\C/C=C\C/C=C\C/C=C\C/C=C\CC)OC(=O)CCCCCCCCC/C=C\C/C=C\C/C=C\C/C=C\CCCCC. The van der Waals surface area contributed by atoms with Gasteiger partial charge in [-0.25, -0.2) is 9.13 Å². The van der Waals surface area contributed by atoms with Crippen LogP contribution in [0.1, 0.15) is 367 Å². The van der Waals surface area contributed by atoms with Crippen molar-refractivity contribution in [2.75, 3.05) is 39.6 Å². The van der Waals surface area contributed by atoms with E-state index in [1.807, 2.05) is 0 Å². The van der Waals surface area contributed by atoms with Crippen LogP contribution in [-0.4, -0.2) is 95.9 Å². The Balaban J connectivity index is 4.57. The number of ether oxygens (including phenoxy) is 3. The van der Waals surface area contributed by atoms with Crippen molar-refractivity contribution < 1.29 is 75.8 Å². The Hall–Kier alpha value is -5.35. The molecule has 0 saturated heterocycles. The highest BCUT2D eigenvalue weighted by Crippen LogP contribution is 2.45. The van der Waals surface area contributed by atoms with E-state index in [0.717, 1.165) is 199 Å². The topological polar surface area (TPSA) is 231 Å². The molecule has 5 atom stereocenters. The molecule has 0 amide bonds. The quantitative estimate of drug-likeness (QED) is 0.0146. The van der Waals surface area contributed by atoms with Crippen molar-refractivity contribution in [2.24, 2.45) is 0 Å². The average Bonchev–Trinajstić information content (AvgIpc) is 0.904. The zero-order valence-corrected chi connectivity index (χ0v) is 75.4. The summed E-state index contributed by atoms with van der Waals surface area (Å²) in [6, 6.07) is 0. The van der Waals surface area contributed by atoms with Gasteiger partial charge in [-0.3, -0.25) is 32.5 Å². The summed E-state index contributed by atoms with van der Waals surface area (Å²) < 4.78 is 61.5. The van der Waals surface area contributed by atoms with E-state index < -0.39 is 91.5 Å². The van der Waals surface area contributed by atoms with Crippen LogP contribution in [0.5, 0.6) is 0 Å². The van der Waals surface area contributed by atoms with Gasteiger partial charge in [-0.1, -0.05) is 370 Å². The largest absolute Gasteiger partial charge is 0.472 e. The van der Waals surface area contributed by atoms with E-state index in [-0.39, 0.29) is 19.3 Å². The van der Waals surface area contributed by atoms with Crippen molar-refractivity contribution in [2.45, 2.75) is 386 Å². The number of allylic oxidation sites excluding steroid dienone is 30. The van der Waals surface area contributed by atoms with Crippen LogP contribution in [0.2, 0.25) is 0 Å². The molecule has 18 heteroatoms. The summed E-state index contributed by atoms with van der Waals surface area (Å²) in [5.74, 6) is -1.60. The minimum atomic E-state index is -4.95. The number of phosphoric acid groups is 2. The van der Waals surface area contributed by atoms with Gasteiger partial charge in [-0.05, 0) is 161 Å². The van der Waals surface area contributed by atoms with Gasteiger partial charge in [-0.15, -0.1) is 0 Å². The maximum Gasteiger partial charge on any atom is 0.472 e. The van der Waals surface area contributed by atoms with Crippen LogP contribution in [0, 0.1) is 0 Å². The third-order valence-electron chi connectivity index (χ3n) is 19.1. The molecule has 5 unspecified atom stereocenters. The van der Waals surface area contributed by atoms with E-state index in [2.05, 4.69) is 203 Å². The number of carbonyl (C=O) groups excluding carboxylic acids is 3. The molecule has 0 aromatic rings. The highest BCUT2D eigenvalue weighted by atomic mass is 31.2. The van der Waals surface area contributed by atoms with Crippen molar-refractivity contribution in [3.8, 4) is 0 Å². The van der Waals surface area contributed by atoms with E-state index in [1.54, 1.807) is 0 Å². The number of aliphatic hydroxyl groups excluding tert-OH is 2. The Labute approximate surface area is 713 Å². The lowest BCUT2D eigenvalue weighted by molar-refractivity contribution is -0.161. The summed E-state index contributed by atoms with van der Waals surface area (Å²) in [6.07, 6.45) is 118. The minimum absolute atomic E-state index is 0.0844. The molecule has 0 aromatic heterocycles. The number of esters is 3. The van der Waals surface area contributed by atoms with E-state index >= 15 is 0 Å². The molecule has 0 aliphatic rings. The van der Waals surface area contributed by atoms with Crippen molar-refractivity contribution >= 4 is 33.6 Å². The van der Waals surface area contributed by atoms with E-state index in [1.165, 1.54) is 109 Å². The molecule has 117 heavy (non-hydrogen) atoms. The van der Waals surface area contributed by atoms with E-state index in [0.29, 0.717) is 19.3 Å². The first-order valence-electron chi connectivity index (χ1n) is 46.1. The molecule has 4 N–H and O–H groups in total. The number of hydrogen-bond acceptors (Lipinski definition) is 14. The van der Waals surface area contributed by atoms with Crippen molar-refractivity contribution in [3.63, 3.8) is 0 Å². The van der Waals surface area contributed by atoms with Gasteiger partial charge >= 0.3 is 33.6 Å². The summed E-state index contributed by atoms with van der Waals surface area (Å²) >= 11 is 0. The van der Waals surface area contributed by atoms with E-state index in [4.69, 9.17) is 32.3 Å². The Bertz CT molecular complexity index is 2860. The first-order valence-corrected chi connectivity index (χ1v) is 49.1. The number of aliphatic hydroxyl groups is 2. The lowest BCUT2D eigenvalue weighted by Gasteiger charge is -2.21. The Kier molecular flexibility index (Phi) is 85.8. The summed E-state index contributed by atoms with van der Waals surface area (Å²) in [4.78, 5) is 59.0. The van der Waals surface area contributed by atoms with Crippen molar-refractivity contribution in [1.29, 1.82) is 0 Å². The van der Waals surface area contributed by atoms with Crippen molar-refractivity contribution in [3.05, 3.63) is 182 Å². The monoisotopic (exact) mass is 1670 g/mol. The zero-order valence-electron chi connectivity index (χ0n) is 73.6. The van der Waals surface area contributed by atoms with Crippen LogP contribution in [-0.2, 0) is 55.8 Å². The molecule has 0 radical (unpaired) electrons.